The summed E-state index contributed by atoms with van der Waals surface area (Å²) in [5, 5.41) is 0. The summed E-state index contributed by atoms with van der Waals surface area (Å²) < 4.78 is 2.02. The van der Waals surface area contributed by atoms with E-state index >= 15 is 0 Å². The molecule has 54 valence electrons. The Hall–Kier alpha value is -0.830. The van der Waals surface area contributed by atoms with Crippen molar-refractivity contribution in [1.82, 2.24) is 9.55 Å². The SMILES string of the molecule is Cn1cnc2c1C(N)CC2. The highest BCUT2D eigenvalue weighted by molar-refractivity contribution is 5.22. The average Bonchev–Trinajstić information content (AvgIpc) is 2.40. The fourth-order valence-corrected chi connectivity index (χ4v) is 1.59. The lowest BCUT2D eigenvalue weighted by Gasteiger charge is -2.03. The molecule has 10 heavy (non-hydrogen) atoms. The molecular weight excluding hydrogens is 126 g/mol. The van der Waals surface area contributed by atoms with Crippen molar-refractivity contribution in [2.45, 2.75) is 18.9 Å². The number of hydrogen-bond donors (Lipinski definition) is 1. The van der Waals surface area contributed by atoms with Crippen molar-refractivity contribution >= 4 is 0 Å². The first-order valence-corrected chi connectivity index (χ1v) is 3.54. The van der Waals surface area contributed by atoms with Crippen LogP contribution in [0.15, 0.2) is 6.33 Å². The van der Waals surface area contributed by atoms with E-state index in [2.05, 4.69) is 4.98 Å². The molecule has 0 spiro atoms. The molecule has 0 aliphatic heterocycles. The monoisotopic (exact) mass is 137 g/mol. The maximum atomic E-state index is 5.83. The number of aryl methyl sites for hydroxylation is 2. The normalized spacial score (nSPS) is 23.2. The number of hydrogen-bond acceptors (Lipinski definition) is 2. The Kier molecular flexibility index (Phi) is 1.08. The van der Waals surface area contributed by atoms with Gasteiger partial charge in [0.05, 0.1) is 17.7 Å². The van der Waals surface area contributed by atoms with Crippen molar-refractivity contribution in [2.75, 3.05) is 0 Å². The first-order valence-electron chi connectivity index (χ1n) is 3.54. The minimum Gasteiger partial charge on any atom is -0.336 e. The van der Waals surface area contributed by atoms with Gasteiger partial charge in [0.25, 0.3) is 0 Å². The Balaban J connectivity index is 2.54. The zero-order valence-corrected chi connectivity index (χ0v) is 6.04. The number of nitrogens with zero attached hydrogens (tertiary/aromatic N) is 2. The van der Waals surface area contributed by atoms with E-state index in [1.807, 2.05) is 17.9 Å². The van der Waals surface area contributed by atoms with Crippen LogP contribution in [-0.4, -0.2) is 9.55 Å². The molecular formula is C7H11N3. The van der Waals surface area contributed by atoms with E-state index in [-0.39, 0.29) is 6.04 Å². The third kappa shape index (κ3) is 0.609. The highest BCUT2D eigenvalue weighted by atomic mass is 15.1. The average molecular weight is 137 g/mol. The Morgan fingerprint density at radius 1 is 1.80 bits per heavy atom. The molecule has 1 aromatic rings. The number of aromatic nitrogens is 2. The van der Waals surface area contributed by atoms with Crippen molar-refractivity contribution < 1.29 is 0 Å². The fraction of sp³-hybridized carbons (Fsp3) is 0.571. The van der Waals surface area contributed by atoms with E-state index in [0.29, 0.717) is 0 Å². The van der Waals surface area contributed by atoms with Crippen LogP contribution in [0, 0.1) is 0 Å². The zero-order chi connectivity index (χ0) is 7.14. The maximum absolute atomic E-state index is 5.83. The molecule has 0 aromatic carbocycles. The van der Waals surface area contributed by atoms with Gasteiger partial charge in [-0.15, -0.1) is 0 Å². The summed E-state index contributed by atoms with van der Waals surface area (Å²) in [6, 6.07) is 0.225. The second-order valence-corrected chi connectivity index (χ2v) is 2.83. The van der Waals surface area contributed by atoms with Crippen LogP contribution in [0.5, 0.6) is 0 Å². The molecule has 0 saturated carbocycles. The van der Waals surface area contributed by atoms with Crippen LogP contribution in [0.25, 0.3) is 0 Å². The van der Waals surface area contributed by atoms with Gasteiger partial charge in [0.15, 0.2) is 0 Å². The third-order valence-corrected chi connectivity index (χ3v) is 2.11. The number of fused-ring (bicyclic) bond motifs is 1. The zero-order valence-electron chi connectivity index (χ0n) is 6.04. The van der Waals surface area contributed by atoms with Gasteiger partial charge in [-0.2, -0.15) is 0 Å². The van der Waals surface area contributed by atoms with E-state index < -0.39 is 0 Å². The summed E-state index contributed by atoms with van der Waals surface area (Å²) in [4.78, 5) is 4.23. The summed E-state index contributed by atoms with van der Waals surface area (Å²) in [6.07, 6.45) is 3.95. The van der Waals surface area contributed by atoms with E-state index in [1.165, 1.54) is 11.4 Å². The number of nitrogens with two attached hydrogens (primary N) is 1. The summed E-state index contributed by atoms with van der Waals surface area (Å²) in [5.41, 5.74) is 8.24. The van der Waals surface area contributed by atoms with Gasteiger partial charge < -0.3 is 10.3 Å². The molecule has 2 N–H and O–H groups in total. The van der Waals surface area contributed by atoms with Crippen LogP contribution < -0.4 is 5.73 Å². The summed E-state index contributed by atoms with van der Waals surface area (Å²) in [6.45, 7) is 0. The lowest BCUT2D eigenvalue weighted by atomic mass is 10.2. The van der Waals surface area contributed by atoms with Crippen LogP contribution in [0.2, 0.25) is 0 Å². The second-order valence-electron chi connectivity index (χ2n) is 2.83. The Bertz CT molecular complexity index is 251. The van der Waals surface area contributed by atoms with E-state index in [0.717, 1.165) is 12.8 Å². The van der Waals surface area contributed by atoms with Gasteiger partial charge in [0, 0.05) is 13.1 Å². The molecule has 1 aliphatic carbocycles. The van der Waals surface area contributed by atoms with E-state index in [9.17, 15) is 0 Å². The molecule has 0 radical (unpaired) electrons. The third-order valence-electron chi connectivity index (χ3n) is 2.11. The molecule has 1 heterocycles. The topological polar surface area (TPSA) is 43.8 Å². The summed E-state index contributed by atoms with van der Waals surface area (Å²) in [7, 11) is 2.00. The van der Waals surface area contributed by atoms with Crippen molar-refractivity contribution in [3.8, 4) is 0 Å². The van der Waals surface area contributed by atoms with Crippen LogP contribution in [0.4, 0.5) is 0 Å². The van der Waals surface area contributed by atoms with Gasteiger partial charge in [-0.1, -0.05) is 0 Å². The van der Waals surface area contributed by atoms with Gasteiger partial charge in [-0.3, -0.25) is 0 Å². The molecule has 1 aromatic heterocycles. The Morgan fingerprint density at radius 2 is 2.60 bits per heavy atom. The first kappa shape index (κ1) is 5.92. The molecule has 1 unspecified atom stereocenters. The molecule has 3 nitrogen and oxygen atoms in total. The second kappa shape index (κ2) is 1.83. The molecule has 0 saturated heterocycles. The van der Waals surface area contributed by atoms with Crippen molar-refractivity contribution in [3.05, 3.63) is 17.7 Å². The minimum absolute atomic E-state index is 0.225. The van der Waals surface area contributed by atoms with Crippen molar-refractivity contribution in [3.63, 3.8) is 0 Å². The Labute approximate surface area is 59.9 Å². The lowest BCUT2D eigenvalue weighted by molar-refractivity contribution is 0.656. The number of rotatable bonds is 0. The van der Waals surface area contributed by atoms with Gasteiger partial charge in [-0.25, -0.2) is 4.98 Å². The molecule has 0 bridgehead atoms. The van der Waals surface area contributed by atoms with Crippen LogP contribution in [0.1, 0.15) is 23.9 Å². The standard InChI is InChI=1S/C7H11N3/c1-10-4-9-6-3-2-5(8)7(6)10/h4-5H,2-3,8H2,1H3. The van der Waals surface area contributed by atoms with E-state index in [1.54, 1.807) is 0 Å². The smallest absolute Gasteiger partial charge is 0.0949 e. The quantitative estimate of drug-likeness (QED) is 0.561. The summed E-state index contributed by atoms with van der Waals surface area (Å²) >= 11 is 0. The van der Waals surface area contributed by atoms with E-state index in [4.69, 9.17) is 5.73 Å². The maximum Gasteiger partial charge on any atom is 0.0949 e. The van der Waals surface area contributed by atoms with Crippen LogP contribution in [-0.2, 0) is 13.5 Å². The van der Waals surface area contributed by atoms with Crippen molar-refractivity contribution in [1.29, 1.82) is 0 Å². The summed E-state index contributed by atoms with van der Waals surface area (Å²) in [5.74, 6) is 0. The predicted octanol–water partition coefficient (Wildman–Crippen LogP) is 0.366. The molecule has 0 amide bonds. The molecule has 1 atom stereocenters. The van der Waals surface area contributed by atoms with Gasteiger partial charge in [0.2, 0.25) is 0 Å². The highest BCUT2D eigenvalue weighted by Gasteiger charge is 2.22. The Morgan fingerprint density at radius 3 is 3.30 bits per heavy atom. The first-order chi connectivity index (χ1) is 4.79. The minimum atomic E-state index is 0.225. The molecule has 2 rings (SSSR count). The largest absolute Gasteiger partial charge is 0.336 e. The molecule has 3 heteroatoms. The fourth-order valence-electron chi connectivity index (χ4n) is 1.59. The van der Waals surface area contributed by atoms with Gasteiger partial charge >= 0.3 is 0 Å². The molecule has 0 fully saturated rings. The number of imidazole rings is 1. The highest BCUT2D eigenvalue weighted by Crippen LogP contribution is 2.26. The van der Waals surface area contributed by atoms with Gasteiger partial charge in [0.1, 0.15) is 0 Å². The lowest BCUT2D eigenvalue weighted by Crippen LogP contribution is -2.09. The predicted molar refractivity (Wildman–Crippen MR) is 38.5 cm³/mol. The van der Waals surface area contributed by atoms with Crippen LogP contribution >= 0.6 is 0 Å². The van der Waals surface area contributed by atoms with Crippen LogP contribution in [0.3, 0.4) is 0 Å². The molecule has 1 aliphatic rings. The van der Waals surface area contributed by atoms with Gasteiger partial charge in [-0.05, 0) is 12.8 Å². The van der Waals surface area contributed by atoms with Crippen molar-refractivity contribution in [2.24, 2.45) is 12.8 Å².